The molecule has 0 atom stereocenters. The van der Waals surface area contributed by atoms with Crippen molar-refractivity contribution < 1.29 is 0 Å². The van der Waals surface area contributed by atoms with Crippen LogP contribution in [0, 0.1) is 6.92 Å². The first-order valence-corrected chi connectivity index (χ1v) is 7.69. The molecule has 98 valence electrons. The molecule has 0 spiro atoms. The topological polar surface area (TPSA) is 29.0 Å². The zero-order valence-electron chi connectivity index (χ0n) is 10.8. The first-order chi connectivity index (χ1) is 8.77. The molecule has 0 saturated heterocycles. The van der Waals surface area contributed by atoms with Crippen LogP contribution in [0.1, 0.15) is 25.3 Å². The molecule has 0 aromatic carbocycles. The zero-order valence-corrected chi connectivity index (χ0v) is 12.4. The minimum atomic E-state index is 0.625. The van der Waals surface area contributed by atoms with Gasteiger partial charge in [-0.15, -0.1) is 22.9 Å². The summed E-state index contributed by atoms with van der Waals surface area (Å²) in [7, 11) is 0. The van der Waals surface area contributed by atoms with Crippen molar-refractivity contribution in [3.05, 3.63) is 17.3 Å². The van der Waals surface area contributed by atoms with Crippen LogP contribution in [-0.4, -0.2) is 28.9 Å². The molecule has 2 heterocycles. The van der Waals surface area contributed by atoms with Crippen molar-refractivity contribution in [3.63, 3.8) is 0 Å². The molecule has 0 unspecified atom stereocenters. The fourth-order valence-corrected chi connectivity index (χ4v) is 3.18. The van der Waals surface area contributed by atoms with E-state index in [4.69, 9.17) is 11.6 Å². The van der Waals surface area contributed by atoms with Gasteiger partial charge in [0.2, 0.25) is 0 Å². The van der Waals surface area contributed by atoms with Crippen LogP contribution in [0.4, 0.5) is 5.82 Å². The Morgan fingerprint density at radius 1 is 1.33 bits per heavy atom. The number of thiophene rings is 1. The fourth-order valence-electron chi connectivity index (χ4n) is 1.96. The first-order valence-electron chi connectivity index (χ1n) is 6.27. The minimum absolute atomic E-state index is 0.625. The first kappa shape index (κ1) is 13.6. The van der Waals surface area contributed by atoms with Gasteiger partial charge in [0.1, 0.15) is 12.1 Å². The lowest BCUT2D eigenvalue weighted by atomic mass is 10.3. The number of anilines is 1. The van der Waals surface area contributed by atoms with Gasteiger partial charge in [-0.05, 0) is 24.3 Å². The molecule has 2 aromatic rings. The largest absolute Gasteiger partial charge is 0.354 e. The Morgan fingerprint density at radius 3 is 2.89 bits per heavy atom. The summed E-state index contributed by atoms with van der Waals surface area (Å²) in [4.78, 5) is 11.1. The van der Waals surface area contributed by atoms with Crippen LogP contribution in [0.5, 0.6) is 0 Å². The molecular formula is C13H18ClN3S. The number of hydrogen-bond acceptors (Lipinski definition) is 4. The number of nitrogens with zero attached hydrogens (tertiary/aromatic N) is 3. The van der Waals surface area contributed by atoms with Crippen LogP contribution in [0.25, 0.3) is 10.2 Å². The van der Waals surface area contributed by atoms with E-state index in [0.29, 0.717) is 5.88 Å². The van der Waals surface area contributed by atoms with Gasteiger partial charge in [0.15, 0.2) is 0 Å². The third kappa shape index (κ3) is 2.75. The van der Waals surface area contributed by atoms with Gasteiger partial charge in [0.25, 0.3) is 0 Å². The van der Waals surface area contributed by atoms with Gasteiger partial charge in [-0.3, -0.25) is 0 Å². The maximum atomic E-state index is 5.90. The van der Waals surface area contributed by atoms with Gasteiger partial charge in [0.05, 0.1) is 10.2 Å². The number of hydrogen-bond donors (Lipinski definition) is 0. The highest BCUT2D eigenvalue weighted by Gasteiger charge is 2.14. The Labute approximate surface area is 117 Å². The summed E-state index contributed by atoms with van der Waals surface area (Å²) in [5.41, 5.74) is 2.29. The normalized spacial score (nSPS) is 11.1. The molecule has 0 amide bonds. The van der Waals surface area contributed by atoms with Gasteiger partial charge >= 0.3 is 0 Å². The Bertz CT molecular complexity index is 512. The van der Waals surface area contributed by atoms with Gasteiger partial charge in [0, 0.05) is 19.0 Å². The van der Waals surface area contributed by atoms with E-state index in [9.17, 15) is 0 Å². The number of unbranched alkanes of at least 4 members (excludes halogenated alkanes) is 1. The quantitative estimate of drug-likeness (QED) is 0.754. The lowest BCUT2D eigenvalue weighted by Gasteiger charge is -2.22. The van der Waals surface area contributed by atoms with Crippen molar-refractivity contribution in [1.29, 1.82) is 0 Å². The van der Waals surface area contributed by atoms with Crippen LogP contribution in [0.3, 0.4) is 0 Å². The number of fused-ring (bicyclic) bond motifs is 1. The minimum Gasteiger partial charge on any atom is -0.354 e. The van der Waals surface area contributed by atoms with Crippen molar-refractivity contribution in [1.82, 2.24) is 9.97 Å². The van der Waals surface area contributed by atoms with E-state index in [0.717, 1.165) is 30.8 Å². The number of halogens is 1. The second-order valence-electron chi connectivity index (χ2n) is 4.32. The number of aromatic nitrogens is 2. The SMILES string of the molecule is CCCCN(CCCl)c1ncnc2c(C)csc12. The molecule has 0 aliphatic carbocycles. The maximum Gasteiger partial charge on any atom is 0.150 e. The third-order valence-corrected chi connectivity index (χ3v) is 4.20. The number of rotatable bonds is 6. The van der Waals surface area contributed by atoms with Crippen LogP contribution in [-0.2, 0) is 0 Å². The van der Waals surface area contributed by atoms with E-state index in [-0.39, 0.29) is 0 Å². The van der Waals surface area contributed by atoms with Crippen molar-refractivity contribution in [2.24, 2.45) is 0 Å². The van der Waals surface area contributed by atoms with Crippen LogP contribution in [0.2, 0.25) is 0 Å². The van der Waals surface area contributed by atoms with Crippen molar-refractivity contribution in [2.75, 3.05) is 23.9 Å². The molecule has 2 aromatic heterocycles. The van der Waals surface area contributed by atoms with Gasteiger partial charge in [-0.1, -0.05) is 13.3 Å². The predicted molar refractivity (Wildman–Crippen MR) is 80.0 cm³/mol. The van der Waals surface area contributed by atoms with Crippen molar-refractivity contribution >= 4 is 39.0 Å². The molecule has 0 N–H and O–H groups in total. The van der Waals surface area contributed by atoms with E-state index in [2.05, 4.69) is 34.1 Å². The lowest BCUT2D eigenvalue weighted by molar-refractivity contribution is 0.727. The van der Waals surface area contributed by atoms with E-state index in [1.54, 1.807) is 17.7 Å². The van der Waals surface area contributed by atoms with Crippen molar-refractivity contribution in [3.8, 4) is 0 Å². The predicted octanol–water partition coefficient (Wildman–Crippen LogP) is 3.85. The van der Waals surface area contributed by atoms with E-state index < -0.39 is 0 Å². The summed E-state index contributed by atoms with van der Waals surface area (Å²) in [6.45, 7) is 6.13. The zero-order chi connectivity index (χ0) is 13.0. The fraction of sp³-hybridized carbons (Fsp3) is 0.538. The monoisotopic (exact) mass is 283 g/mol. The molecule has 0 bridgehead atoms. The van der Waals surface area contributed by atoms with E-state index >= 15 is 0 Å². The molecule has 0 fully saturated rings. The third-order valence-electron chi connectivity index (χ3n) is 2.95. The summed E-state index contributed by atoms with van der Waals surface area (Å²) in [5.74, 6) is 1.66. The molecule has 2 rings (SSSR count). The number of aryl methyl sites for hydroxylation is 1. The molecule has 0 aliphatic rings. The smallest absolute Gasteiger partial charge is 0.150 e. The summed E-state index contributed by atoms with van der Waals surface area (Å²) in [5, 5.41) is 2.14. The second-order valence-corrected chi connectivity index (χ2v) is 5.58. The Morgan fingerprint density at radius 2 is 2.17 bits per heavy atom. The maximum absolute atomic E-state index is 5.90. The molecular weight excluding hydrogens is 266 g/mol. The van der Waals surface area contributed by atoms with Gasteiger partial charge < -0.3 is 4.90 Å². The highest BCUT2D eigenvalue weighted by Crippen LogP contribution is 2.30. The summed E-state index contributed by atoms with van der Waals surface area (Å²) >= 11 is 7.62. The average Bonchev–Trinajstić information content (AvgIpc) is 2.77. The second kappa shape index (κ2) is 6.34. The molecule has 0 saturated carbocycles. The van der Waals surface area contributed by atoms with Crippen LogP contribution in [0.15, 0.2) is 11.7 Å². The average molecular weight is 284 g/mol. The standard InChI is InChI=1S/C13H18ClN3S/c1-3-4-6-17(7-5-14)13-12-11(15-9-16-13)10(2)8-18-12/h8-9H,3-7H2,1-2H3. The highest BCUT2D eigenvalue weighted by molar-refractivity contribution is 7.18. The van der Waals surface area contributed by atoms with Gasteiger partial charge in [-0.2, -0.15) is 0 Å². The van der Waals surface area contributed by atoms with Gasteiger partial charge in [-0.25, -0.2) is 9.97 Å². The van der Waals surface area contributed by atoms with Crippen molar-refractivity contribution in [2.45, 2.75) is 26.7 Å². The highest BCUT2D eigenvalue weighted by atomic mass is 35.5. The summed E-state index contributed by atoms with van der Waals surface area (Å²) < 4.78 is 1.18. The molecule has 3 nitrogen and oxygen atoms in total. The molecule has 0 aliphatic heterocycles. The molecule has 5 heteroatoms. The van der Waals surface area contributed by atoms with E-state index in [1.165, 1.54) is 16.7 Å². The van der Waals surface area contributed by atoms with Crippen LogP contribution >= 0.6 is 22.9 Å². The van der Waals surface area contributed by atoms with Crippen LogP contribution < -0.4 is 4.90 Å². The lowest BCUT2D eigenvalue weighted by Crippen LogP contribution is -2.27. The summed E-state index contributed by atoms with van der Waals surface area (Å²) in [6, 6.07) is 0. The van der Waals surface area contributed by atoms with E-state index in [1.807, 2.05) is 0 Å². The Hall–Kier alpha value is -0.870. The Balaban J connectivity index is 2.36. The summed E-state index contributed by atoms with van der Waals surface area (Å²) in [6.07, 6.45) is 3.99. The molecule has 18 heavy (non-hydrogen) atoms. The molecule has 0 radical (unpaired) electrons. The number of alkyl halides is 1. The Kier molecular flexibility index (Phi) is 4.78.